The van der Waals surface area contributed by atoms with Crippen LogP contribution in [0.4, 0.5) is 0 Å². The smallest absolute Gasteiger partial charge is 0.163 e. The van der Waals surface area contributed by atoms with Gasteiger partial charge in [-0.05, 0) is 23.3 Å². The lowest BCUT2D eigenvalue weighted by Gasteiger charge is -2.29. The molecule has 0 bridgehead atoms. The van der Waals surface area contributed by atoms with E-state index in [-0.39, 0.29) is 11.7 Å². The van der Waals surface area contributed by atoms with Crippen molar-refractivity contribution < 1.29 is 14.6 Å². The summed E-state index contributed by atoms with van der Waals surface area (Å²) >= 11 is 0. The van der Waals surface area contributed by atoms with Crippen LogP contribution in [0, 0.1) is 0 Å². The molecule has 3 nitrogen and oxygen atoms in total. The third-order valence-electron chi connectivity index (χ3n) is 3.91. The van der Waals surface area contributed by atoms with Crippen molar-refractivity contribution in [2.45, 2.75) is 18.4 Å². The molecule has 1 N–H and O–H groups in total. The van der Waals surface area contributed by atoms with Gasteiger partial charge < -0.3 is 9.84 Å². The standard InChI is InChI=1S/C17H16O3/c1-20-12-8-6-11(7-9-12)15-10-16(18)13-4-2-3-5-14(13)17(15)19/h2-9,15,17,19H,10H2,1H3/t15-,17-/m0/s1. The fraction of sp³-hybridized carbons (Fsp3) is 0.235. The van der Waals surface area contributed by atoms with Gasteiger partial charge in [0.2, 0.25) is 0 Å². The van der Waals surface area contributed by atoms with Gasteiger partial charge in [-0.3, -0.25) is 4.79 Å². The van der Waals surface area contributed by atoms with Crippen LogP contribution < -0.4 is 4.74 Å². The first kappa shape index (κ1) is 12.9. The van der Waals surface area contributed by atoms with Gasteiger partial charge in [0.25, 0.3) is 0 Å². The number of ketones is 1. The molecule has 102 valence electrons. The lowest BCUT2D eigenvalue weighted by Crippen LogP contribution is -2.23. The maximum Gasteiger partial charge on any atom is 0.163 e. The van der Waals surface area contributed by atoms with E-state index >= 15 is 0 Å². The van der Waals surface area contributed by atoms with Crippen LogP contribution >= 0.6 is 0 Å². The number of fused-ring (bicyclic) bond motifs is 1. The van der Waals surface area contributed by atoms with E-state index in [0.29, 0.717) is 12.0 Å². The Morgan fingerprint density at radius 1 is 1.10 bits per heavy atom. The quantitative estimate of drug-likeness (QED) is 0.910. The molecule has 0 heterocycles. The van der Waals surface area contributed by atoms with Gasteiger partial charge in [0.15, 0.2) is 5.78 Å². The molecule has 0 fully saturated rings. The van der Waals surface area contributed by atoms with Crippen molar-refractivity contribution in [1.82, 2.24) is 0 Å². The van der Waals surface area contributed by atoms with E-state index in [1.54, 1.807) is 13.2 Å². The van der Waals surface area contributed by atoms with E-state index in [1.165, 1.54) is 0 Å². The van der Waals surface area contributed by atoms with Crippen molar-refractivity contribution in [3.63, 3.8) is 0 Å². The second kappa shape index (κ2) is 5.10. The van der Waals surface area contributed by atoms with Crippen LogP contribution in [0.3, 0.4) is 0 Å². The number of carbonyl (C=O) groups excluding carboxylic acids is 1. The van der Waals surface area contributed by atoms with Crippen LogP contribution in [0.15, 0.2) is 48.5 Å². The first-order chi connectivity index (χ1) is 9.70. The molecule has 0 aliphatic heterocycles. The number of benzene rings is 2. The number of aliphatic hydroxyl groups excluding tert-OH is 1. The monoisotopic (exact) mass is 268 g/mol. The highest BCUT2D eigenvalue weighted by molar-refractivity contribution is 5.99. The van der Waals surface area contributed by atoms with Gasteiger partial charge in [0.1, 0.15) is 5.75 Å². The molecule has 0 saturated carbocycles. The molecule has 2 aromatic rings. The molecule has 3 heteroatoms. The molecular weight excluding hydrogens is 252 g/mol. The third-order valence-corrected chi connectivity index (χ3v) is 3.91. The topological polar surface area (TPSA) is 46.5 Å². The van der Waals surface area contributed by atoms with Crippen molar-refractivity contribution in [2.24, 2.45) is 0 Å². The number of carbonyl (C=O) groups is 1. The molecule has 1 aliphatic rings. The Labute approximate surface area is 117 Å². The number of rotatable bonds is 2. The van der Waals surface area contributed by atoms with Crippen molar-refractivity contribution in [3.8, 4) is 5.75 Å². The van der Waals surface area contributed by atoms with Crippen LogP contribution in [-0.4, -0.2) is 18.0 Å². The SMILES string of the molecule is COc1ccc([C@@H]2CC(=O)c3ccccc3[C@@H]2O)cc1. The molecule has 2 aromatic carbocycles. The Morgan fingerprint density at radius 3 is 2.50 bits per heavy atom. The summed E-state index contributed by atoms with van der Waals surface area (Å²) in [5.41, 5.74) is 2.33. The minimum Gasteiger partial charge on any atom is -0.497 e. The summed E-state index contributed by atoms with van der Waals surface area (Å²) in [5.74, 6) is 0.667. The summed E-state index contributed by atoms with van der Waals surface area (Å²) < 4.78 is 5.13. The number of Topliss-reactive ketones (excluding diaryl/α,β-unsaturated/α-hetero) is 1. The van der Waals surface area contributed by atoms with E-state index in [4.69, 9.17) is 4.74 Å². The van der Waals surface area contributed by atoms with Crippen LogP contribution in [0.5, 0.6) is 5.75 Å². The van der Waals surface area contributed by atoms with E-state index in [9.17, 15) is 9.90 Å². The van der Waals surface area contributed by atoms with Gasteiger partial charge in [-0.2, -0.15) is 0 Å². The van der Waals surface area contributed by atoms with Gasteiger partial charge in [-0.25, -0.2) is 0 Å². The van der Waals surface area contributed by atoms with Crippen molar-refractivity contribution in [2.75, 3.05) is 7.11 Å². The zero-order valence-electron chi connectivity index (χ0n) is 11.2. The molecule has 3 rings (SSSR count). The lowest BCUT2D eigenvalue weighted by atomic mass is 9.77. The summed E-state index contributed by atoms with van der Waals surface area (Å²) in [4.78, 5) is 12.2. The van der Waals surface area contributed by atoms with E-state index < -0.39 is 6.10 Å². The fourth-order valence-electron chi connectivity index (χ4n) is 2.80. The van der Waals surface area contributed by atoms with Crippen molar-refractivity contribution in [1.29, 1.82) is 0 Å². The summed E-state index contributed by atoms with van der Waals surface area (Å²) in [7, 11) is 1.62. The number of aliphatic hydroxyl groups is 1. The number of hydrogen-bond donors (Lipinski definition) is 1. The summed E-state index contributed by atoms with van der Waals surface area (Å²) in [6, 6.07) is 14.8. The Balaban J connectivity index is 1.97. The predicted molar refractivity (Wildman–Crippen MR) is 76.1 cm³/mol. The largest absolute Gasteiger partial charge is 0.497 e. The molecule has 0 radical (unpaired) electrons. The summed E-state index contributed by atoms with van der Waals surface area (Å²) in [5, 5.41) is 10.5. The molecule has 0 saturated heterocycles. The van der Waals surface area contributed by atoms with E-state index in [1.807, 2.05) is 42.5 Å². The van der Waals surface area contributed by atoms with Gasteiger partial charge in [0, 0.05) is 17.9 Å². The first-order valence-electron chi connectivity index (χ1n) is 6.65. The summed E-state index contributed by atoms with van der Waals surface area (Å²) in [6.07, 6.45) is -0.304. The van der Waals surface area contributed by atoms with Crippen LogP contribution in [0.25, 0.3) is 0 Å². The maximum absolute atomic E-state index is 12.2. The lowest BCUT2D eigenvalue weighted by molar-refractivity contribution is 0.0844. The predicted octanol–water partition coefficient (Wildman–Crippen LogP) is 3.10. The Bertz CT molecular complexity index is 631. The number of hydrogen-bond acceptors (Lipinski definition) is 3. The van der Waals surface area contributed by atoms with Crippen LogP contribution in [-0.2, 0) is 0 Å². The number of ether oxygens (including phenoxy) is 1. The molecule has 0 unspecified atom stereocenters. The average Bonchev–Trinajstić information content (AvgIpc) is 2.51. The Kier molecular flexibility index (Phi) is 3.28. The summed E-state index contributed by atoms with van der Waals surface area (Å²) in [6.45, 7) is 0. The molecule has 0 spiro atoms. The fourth-order valence-corrected chi connectivity index (χ4v) is 2.80. The molecule has 0 aromatic heterocycles. The number of methoxy groups -OCH3 is 1. The zero-order valence-corrected chi connectivity index (χ0v) is 11.2. The maximum atomic E-state index is 12.2. The second-order valence-corrected chi connectivity index (χ2v) is 5.04. The van der Waals surface area contributed by atoms with Gasteiger partial charge in [0.05, 0.1) is 13.2 Å². The molecule has 1 aliphatic carbocycles. The molecule has 20 heavy (non-hydrogen) atoms. The highest BCUT2D eigenvalue weighted by atomic mass is 16.5. The molecule has 2 atom stereocenters. The first-order valence-corrected chi connectivity index (χ1v) is 6.65. The second-order valence-electron chi connectivity index (χ2n) is 5.04. The molecular formula is C17H16O3. The minimum absolute atomic E-state index is 0.0896. The van der Waals surface area contributed by atoms with Gasteiger partial charge in [-0.1, -0.05) is 36.4 Å². The average molecular weight is 268 g/mol. The van der Waals surface area contributed by atoms with Crippen LogP contribution in [0.1, 0.15) is 39.9 Å². The zero-order chi connectivity index (χ0) is 14.1. The van der Waals surface area contributed by atoms with Gasteiger partial charge in [-0.15, -0.1) is 0 Å². The van der Waals surface area contributed by atoms with Gasteiger partial charge >= 0.3 is 0 Å². The van der Waals surface area contributed by atoms with Crippen LogP contribution in [0.2, 0.25) is 0 Å². The Morgan fingerprint density at radius 2 is 1.80 bits per heavy atom. The van der Waals surface area contributed by atoms with Crippen molar-refractivity contribution in [3.05, 3.63) is 65.2 Å². The normalized spacial score (nSPS) is 21.4. The van der Waals surface area contributed by atoms with E-state index in [2.05, 4.69) is 0 Å². The highest BCUT2D eigenvalue weighted by Gasteiger charge is 2.33. The minimum atomic E-state index is -0.641. The Hall–Kier alpha value is -2.13. The third kappa shape index (κ3) is 2.10. The van der Waals surface area contributed by atoms with E-state index in [0.717, 1.165) is 16.9 Å². The molecule has 0 amide bonds. The van der Waals surface area contributed by atoms with Crippen molar-refractivity contribution >= 4 is 5.78 Å². The highest BCUT2D eigenvalue weighted by Crippen LogP contribution is 2.40.